The van der Waals surface area contributed by atoms with Crippen molar-refractivity contribution in [2.24, 2.45) is 4.99 Å². The van der Waals surface area contributed by atoms with Crippen LogP contribution >= 0.6 is 0 Å². The van der Waals surface area contributed by atoms with E-state index in [-0.39, 0.29) is 5.56 Å². The molecule has 0 saturated heterocycles. The molecular weight excluding hydrogens is 338 g/mol. The van der Waals surface area contributed by atoms with E-state index in [0.717, 1.165) is 23.2 Å². The minimum Gasteiger partial charge on any atom is -0.478 e. The first-order valence-corrected chi connectivity index (χ1v) is 9.06. The van der Waals surface area contributed by atoms with Crippen LogP contribution in [0.5, 0.6) is 0 Å². The molecule has 0 aliphatic carbocycles. The Hall–Kier alpha value is -3.14. The van der Waals surface area contributed by atoms with Crippen LogP contribution in [0.15, 0.2) is 64.0 Å². The zero-order valence-corrected chi connectivity index (χ0v) is 15.8. The molecule has 0 aliphatic heterocycles. The molecule has 27 heavy (non-hydrogen) atoms. The van der Waals surface area contributed by atoms with Crippen molar-refractivity contribution in [2.75, 3.05) is 0 Å². The van der Waals surface area contributed by atoms with Gasteiger partial charge in [-0.25, -0.2) is 4.79 Å². The third kappa shape index (κ3) is 4.34. The Bertz CT molecular complexity index is 968. The third-order valence-electron chi connectivity index (χ3n) is 4.78. The molecule has 0 unspecified atom stereocenters. The number of carboxylic acids is 1. The van der Waals surface area contributed by atoms with Gasteiger partial charge in [0, 0.05) is 5.56 Å². The zero-order valence-electron chi connectivity index (χ0n) is 15.8. The molecule has 1 aromatic heterocycles. The molecule has 1 N–H and O–H groups in total. The first-order valence-electron chi connectivity index (χ1n) is 9.06. The molecule has 138 valence electrons. The second-order valence-corrected chi connectivity index (χ2v) is 6.70. The summed E-state index contributed by atoms with van der Waals surface area (Å²) >= 11 is 0. The molecule has 2 aromatic carbocycles. The first kappa shape index (κ1) is 18.6. The summed E-state index contributed by atoms with van der Waals surface area (Å²) in [6, 6.07) is 17.0. The number of rotatable bonds is 6. The Morgan fingerprint density at radius 3 is 2.52 bits per heavy atom. The van der Waals surface area contributed by atoms with Gasteiger partial charge in [-0.05, 0) is 66.8 Å². The van der Waals surface area contributed by atoms with Gasteiger partial charge in [-0.1, -0.05) is 32.0 Å². The average Bonchev–Trinajstić information content (AvgIpc) is 3.14. The quantitative estimate of drug-likeness (QED) is 0.530. The molecule has 0 bridgehead atoms. The van der Waals surface area contributed by atoms with Crippen LogP contribution < -0.4 is 0 Å². The van der Waals surface area contributed by atoms with Crippen LogP contribution in [0.1, 0.15) is 53.4 Å². The molecule has 0 saturated carbocycles. The van der Waals surface area contributed by atoms with E-state index in [1.807, 2.05) is 31.2 Å². The molecule has 4 nitrogen and oxygen atoms in total. The van der Waals surface area contributed by atoms with Crippen LogP contribution in [0.4, 0.5) is 5.69 Å². The van der Waals surface area contributed by atoms with Gasteiger partial charge < -0.3 is 9.52 Å². The zero-order chi connectivity index (χ0) is 19.4. The highest BCUT2D eigenvalue weighted by atomic mass is 16.4. The van der Waals surface area contributed by atoms with Crippen molar-refractivity contribution in [3.63, 3.8) is 0 Å². The lowest BCUT2D eigenvalue weighted by Crippen LogP contribution is -1.96. The van der Waals surface area contributed by atoms with Gasteiger partial charge in [-0.15, -0.1) is 0 Å². The number of carboxylic acid groups (broad SMARTS) is 1. The predicted molar refractivity (Wildman–Crippen MR) is 108 cm³/mol. The number of aromatic carboxylic acids is 1. The number of hydrogen-bond donors (Lipinski definition) is 1. The van der Waals surface area contributed by atoms with Crippen molar-refractivity contribution in [2.45, 2.75) is 33.1 Å². The Kier molecular flexibility index (Phi) is 5.55. The molecule has 0 amide bonds. The van der Waals surface area contributed by atoms with Gasteiger partial charge in [0.15, 0.2) is 0 Å². The van der Waals surface area contributed by atoms with Crippen LogP contribution in [0.3, 0.4) is 0 Å². The summed E-state index contributed by atoms with van der Waals surface area (Å²) in [7, 11) is 0. The van der Waals surface area contributed by atoms with Gasteiger partial charge in [-0.2, -0.15) is 0 Å². The summed E-state index contributed by atoms with van der Waals surface area (Å²) in [5.74, 6) is 0.957. The first-order chi connectivity index (χ1) is 13.0. The Morgan fingerprint density at radius 1 is 1.15 bits per heavy atom. The lowest BCUT2D eigenvalue weighted by molar-refractivity contribution is 0.0697. The minimum absolute atomic E-state index is 0.269. The third-order valence-corrected chi connectivity index (χ3v) is 4.78. The summed E-state index contributed by atoms with van der Waals surface area (Å²) in [5.41, 5.74) is 4.19. The number of furan rings is 1. The van der Waals surface area contributed by atoms with Gasteiger partial charge >= 0.3 is 5.97 Å². The van der Waals surface area contributed by atoms with Crippen LogP contribution in [-0.2, 0) is 0 Å². The van der Waals surface area contributed by atoms with E-state index in [1.54, 1.807) is 24.4 Å². The normalized spacial score (nSPS) is 12.4. The van der Waals surface area contributed by atoms with E-state index in [2.05, 4.69) is 31.0 Å². The van der Waals surface area contributed by atoms with Gasteiger partial charge in [0.05, 0.1) is 17.5 Å². The van der Waals surface area contributed by atoms with Crippen molar-refractivity contribution in [1.29, 1.82) is 0 Å². The summed E-state index contributed by atoms with van der Waals surface area (Å²) in [5, 5.41) is 9.07. The minimum atomic E-state index is -0.934. The summed E-state index contributed by atoms with van der Waals surface area (Å²) < 4.78 is 5.86. The van der Waals surface area contributed by atoms with E-state index in [1.165, 1.54) is 5.56 Å². The summed E-state index contributed by atoms with van der Waals surface area (Å²) in [4.78, 5) is 15.5. The van der Waals surface area contributed by atoms with E-state index < -0.39 is 5.97 Å². The molecule has 1 atom stereocenters. The number of hydrogen-bond acceptors (Lipinski definition) is 3. The fourth-order valence-corrected chi connectivity index (χ4v) is 2.90. The second kappa shape index (κ2) is 8.04. The lowest BCUT2D eigenvalue weighted by atomic mass is 9.99. The molecule has 4 heteroatoms. The van der Waals surface area contributed by atoms with Crippen molar-refractivity contribution in [1.82, 2.24) is 0 Å². The highest BCUT2D eigenvalue weighted by Crippen LogP contribution is 2.26. The molecule has 0 radical (unpaired) electrons. The van der Waals surface area contributed by atoms with Crippen molar-refractivity contribution >= 4 is 17.9 Å². The maximum atomic E-state index is 11.1. The van der Waals surface area contributed by atoms with E-state index in [4.69, 9.17) is 9.52 Å². The molecule has 0 spiro atoms. The topological polar surface area (TPSA) is 62.8 Å². The van der Waals surface area contributed by atoms with Crippen molar-refractivity contribution in [3.05, 3.63) is 77.0 Å². The average molecular weight is 361 g/mol. The predicted octanol–water partition coefficient (Wildman–Crippen LogP) is 6.22. The standard InChI is InChI=1S/C23H23NO3/c1-4-15(2)17-5-8-19(9-6-17)24-14-20-10-12-22(27-20)21-11-7-18(23(25)26)13-16(21)3/h5-15H,4H2,1-3H3,(H,25,26)/t15-/m0/s1. The monoisotopic (exact) mass is 361 g/mol. The van der Waals surface area contributed by atoms with Crippen LogP contribution in [0, 0.1) is 6.92 Å². The summed E-state index contributed by atoms with van der Waals surface area (Å²) in [6.45, 7) is 6.27. The van der Waals surface area contributed by atoms with E-state index >= 15 is 0 Å². The summed E-state index contributed by atoms with van der Waals surface area (Å²) in [6.07, 6.45) is 2.81. The maximum absolute atomic E-state index is 11.1. The molecule has 0 aliphatic rings. The molecule has 3 rings (SSSR count). The molecular formula is C23H23NO3. The van der Waals surface area contributed by atoms with Gasteiger partial charge in [-0.3, -0.25) is 4.99 Å². The maximum Gasteiger partial charge on any atom is 0.335 e. The number of aliphatic imine (C=N–C) groups is 1. The lowest BCUT2D eigenvalue weighted by Gasteiger charge is -2.08. The molecule has 0 fully saturated rings. The fraction of sp³-hybridized carbons (Fsp3) is 0.217. The smallest absolute Gasteiger partial charge is 0.335 e. The Balaban J connectivity index is 1.76. The highest BCUT2D eigenvalue weighted by molar-refractivity contribution is 5.89. The largest absolute Gasteiger partial charge is 0.478 e. The number of carbonyl (C=O) groups is 1. The van der Waals surface area contributed by atoms with Crippen LogP contribution in [0.2, 0.25) is 0 Å². The van der Waals surface area contributed by atoms with Crippen LogP contribution in [-0.4, -0.2) is 17.3 Å². The molecule has 3 aromatic rings. The van der Waals surface area contributed by atoms with Crippen molar-refractivity contribution < 1.29 is 14.3 Å². The number of nitrogens with zero attached hydrogens (tertiary/aromatic N) is 1. The van der Waals surface area contributed by atoms with Gasteiger partial charge in [0.1, 0.15) is 11.5 Å². The number of aryl methyl sites for hydroxylation is 1. The van der Waals surface area contributed by atoms with Gasteiger partial charge in [0.2, 0.25) is 0 Å². The van der Waals surface area contributed by atoms with E-state index in [9.17, 15) is 4.79 Å². The Morgan fingerprint density at radius 2 is 1.89 bits per heavy atom. The Labute approximate surface area is 159 Å². The van der Waals surface area contributed by atoms with Gasteiger partial charge in [0.25, 0.3) is 0 Å². The van der Waals surface area contributed by atoms with Crippen LogP contribution in [0.25, 0.3) is 11.3 Å². The highest BCUT2D eigenvalue weighted by Gasteiger charge is 2.10. The number of benzene rings is 2. The van der Waals surface area contributed by atoms with Crippen molar-refractivity contribution in [3.8, 4) is 11.3 Å². The second-order valence-electron chi connectivity index (χ2n) is 6.70. The SMILES string of the molecule is CC[C@H](C)c1ccc(N=Cc2ccc(-c3ccc(C(=O)O)cc3C)o2)cc1. The molecule has 1 heterocycles. The van der Waals surface area contributed by atoms with E-state index in [0.29, 0.717) is 17.4 Å². The fourth-order valence-electron chi connectivity index (χ4n) is 2.90.